The maximum Gasteiger partial charge on any atom is 0.184 e. The molecule has 3 aliphatic heterocycles. The Balaban J connectivity index is 1.19. The number of ether oxygens (including phenoxy) is 3. The average molecular weight is 399 g/mol. The van der Waals surface area contributed by atoms with E-state index in [9.17, 15) is 4.39 Å². The molecule has 3 heterocycles. The van der Waals surface area contributed by atoms with Crippen molar-refractivity contribution in [2.45, 2.75) is 6.42 Å². The second-order valence-electron chi connectivity index (χ2n) is 7.63. The van der Waals surface area contributed by atoms with Crippen molar-refractivity contribution in [3.05, 3.63) is 41.7 Å². The zero-order chi connectivity index (χ0) is 19.6. The van der Waals surface area contributed by atoms with Crippen LogP contribution in [0.4, 0.5) is 15.8 Å². The van der Waals surface area contributed by atoms with Gasteiger partial charge in [0.05, 0.1) is 11.4 Å². The largest absolute Gasteiger partial charge is 0.490 e. The lowest BCUT2D eigenvalue weighted by Crippen LogP contribution is -2.47. The summed E-state index contributed by atoms with van der Waals surface area (Å²) in [5.74, 6) is 1.85. The first kappa shape index (κ1) is 18.4. The minimum absolute atomic E-state index is 0.281. The van der Waals surface area contributed by atoms with Gasteiger partial charge in [-0.15, -0.1) is 0 Å². The number of piperazine rings is 1. The van der Waals surface area contributed by atoms with E-state index in [1.54, 1.807) is 6.07 Å². The fraction of sp³-hybridized carbons (Fsp3) is 0.455. The molecule has 0 atom stereocenters. The van der Waals surface area contributed by atoms with Gasteiger partial charge in [-0.2, -0.15) is 0 Å². The van der Waals surface area contributed by atoms with Crippen LogP contribution in [0.25, 0.3) is 0 Å². The second kappa shape index (κ2) is 7.99. The average Bonchev–Trinajstić information content (AvgIpc) is 2.77. The predicted molar refractivity (Wildman–Crippen MR) is 110 cm³/mol. The quantitative estimate of drug-likeness (QED) is 0.853. The van der Waals surface area contributed by atoms with Gasteiger partial charge in [0.1, 0.15) is 31.4 Å². The highest BCUT2D eigenvalue weighted by Crippen LogP contribution is 2.41. The molecule has 2 aromatic rings. The molecular formula is C22H26FN3O3. The molecule has 5 rings (SSSR count). The first-order valence-electron chi connectivity index (χ1n) is 10.3. The number of fused-ring (bicyclic) bond motifs is 2. The van der Waals surface area contributed by atoms with Crippen molar-refractivity contribution in [1.29, 1.82) is 0 Å². The topological polar surface area (TPSA) is 46.2 Å². The molecule has 0 bridgehead atoms. The van der Waals surface area contributed by atoms with Crippen LogP contribution in [-0.2, 0) is 6.42 Å². The van der Waals surface area contributed by atoms with Gasteiger partial charge in [-0.25, -0.2) is 4.39 Å². The Bertz CT molecular complexity index is 884. The summed E-state index contributed by atoms with van der Waals surface area (Å²) in [5.41, 5.74) is 3.21. The Morgan fingerprint density at radius 3 is 2.62 bits per heavy atom. The van der Waals surface area contributed by atoms with Crippen molar-refractivity contribution >= 4 is 11.4 Å². The normalized spacial score (nSPS) is 18.6. The lowest BCUT2D eigenvalue weighted by atomic mass is 10.1. The number of rotatable bonds is 4. The summed E-state index contributed by atoms with van der Waals surface area (Å²) >= 11 is 0. The highest BCUT2D eigenvalue weighted by Gasteiger charge is 2.25. The molecule has 1 N–H and O–H groups in total. The lowest BCUT2D eigenvalue weighted by Gasteiger charge is -2.37. The van der Waals surface area contributed by atoms with Crippen molar-refractivity contribution in [2.24, 2.45) is 0 Å². The standard InChI is InChI=1S/C22H26FN3O3/c23-17-14-19(22-21(15-17)28-11-12-29-22)26-8-6-25(7-9-26)5-3-16-1-2-20-18(13-16)24-4-10-27-20/h1-2,13-15,24H,3-12H2. The maximum atomic E-state index is 14.0. The summed E-state index contributed by atoms with van der Waals surface area (Å²) in [5, 5.41) is 3.40. The van der Waals surface area contributed by atoms with Crippen LogP contribution in [0, 0.1) is 5.82 Å². The smallest absolute Gasteiger partial charge is 0.184 e. The number of nitrogens with one attached hydrogen (secondary N) is 1. The van der Waals surface area contributed by atoms with Crippen LogP contribution >= 0.6 is 0 Å². The fourth-order valence-electron chi connectivity index (χ4n) is 4.18. The summed E-state index contributed by atoms with van der Waals surface area (Å²) in [4.78, 5) is 4.66. The van der Waals surface area contributed by atoms with Crippen LogP contribution in [0.2, 0.25) is 0 Å². The number of benzene rings is 2. The van der Waals surface area contributed by atoms with Gasteiger partial charge in [0.25, 0.3) is 0 Å². The molecule has 0 amide bonds. The molecular weight excluding hydrogens is 373 g/mol. The molecule has 6 nitrogen and oxygen atoms in total. The van der Waals surface area contributed by atoms with E-state index in [1.807, 2.05) is 0 Å². The summed E-state index contributed by atoms with van der Waals surface area (Å²) in [6, 6.07) is 9.38. The van der Waals surface area contributed by atoms with Gasteiger partial charge in [0.15, 0.2) is 11.5 Å². The van der Waals surface area contributed by atoms with Gasteiger partial charge in [-0.1, -0.05) is 6.07 Å². The Labute approximate surface area is 170 Å². The van der Waals surface area contributed by atoms with Crippen molar-refractivity contribution < 1.29 is 18.6 Å². The number of hydrogen-bond acceptors (Lipinski definition) is 6. The predicted octanol–water partition coefficient (Wildman–Crippen LogP) is 2.77. The van der Waals surface area contributed by atoms with Crippen molar-refractivity contribution in [3.63, 3.8) is 0 Å². The van der Waals surface area contributed by atoms with Gasteiger partial charge in [-0.05, 0) is 24.1 Å². The highest BCUT2D eigenvalue weighted by atomic mass is 19.1. The Morgan fingerprint density at radius 1 is 0.897 bits per heavy atom. The van der Waals surface area contributed by atoms with E-state index in [1.165, 1.54) is 11.6 Å². The molecule has 0 aromatic heterocycles. The number of anilines is 2. The van der Waals surface area contributed by atoms with E-state index < -0.39 is 0 Å². The molecule has 0 aliphatic carbocycles. The number of hydrogen-bond donors (Lipinski definition) is 1. The molecule has 0 spiro atoms. The third-order valence-electron chi connectivity index (χ3n) is 5.74. The molecule has 7 heteroatoms. The zero-order valence-corrected chi connectivity index (χ0v) is 16.5. The SMILES string of the molecule is Fc1cc2c(c(N3CCN(CCc4ccc5c(c4)NCCO5)CC3)c1)OCCO2. The first-order valence-corrected chi connectivity index (χ1v) is 10.3. The van der Waals surface area contributed by atoms with Crippen molar-refractivity contribution in [1.82, 2.24) is 4.90 Å². The van der Waals surface area contributed by atoms with Crippen LogP contribution in [0.15, 0.2) is 30.3 Å². The van der Waals surface area contributed by atoms with Gasteiger partial charge in [0.2, 0.25) is 0 Å². The van der Waals surface area contributed by atoms with Crippen LogP contribution in [0.5, 0.6) is 17.2 Å². The summed E-state index contributed by atoms with van der Waals surface area (Å²) in [7, 11) is 0. The second-order valence-corrected chi connectivity index (χ2v) is 7.63. The molecule has 0 unspecified atom stereocenters. The minimum Gasteiger partial charge on any atom is -0.490 e. The summed E-state index contributed by atoms with van der Waals surface area (Å²) in [6.07, 6.45) is 1.00. The van der Waals surface area contributed by atoms with E-state index in [-0.39, 0.29) is 5.82 Å². The third kappa shape index (κ3) is 3.92. The van der Waals surface area contributed by atoms with Crippen LogP contribution < -0.4 is 24.4 Å². The van der Waals surface area contributed by atoms with E-state index >= 15 is 0 Å². The molecule has 0 saturated carbocycles. The summed E-state index contributed by atoms with van der Waals surface area (Å²) in [6.45, 7) is 7.14. The Morgan fingerprint density at radius 2 is 1.72 bits per heavy atom. The monoisotopic (exact) mass is 399 g/mol. The Kier molecular flexibility index (Phi) is 5.06. The molecule has 2 aromatic carbocycles. The van der Waals surface area contributed by atoms with Gasteiger partial charge >= 0.3 is 0 Å². The van der Waals surface area contributed by atoms with Crippen molar-refractivity contribution in [2.75, 3.05) is 69.3 Å². The van der Waals surface area contributed by atoms with E-state index in [2.05, 4.69) is 33.3 Å². The molecule has 0 radical (unpaired) electrons. The van der Waals surface area contributed by atoms with Gasteiger partial charge < -0.3 is 24.4 Å². The number of halogens is 1. The number of nitrogens with zero attached hydrogens (tertiary/aromatic N) is 2. The van der Waals surface area contributed by atoms with Gasteiger partial charge in [0, 0.05) is 51.4 Å². The molecule has 1 saturated heterocycles. The Hall–Kier alpha value is -2.67. The molecule has 3 aliphatic rings. The first-order chi connectivity index (χ1) is 14.3. The van der Waals surface area contributed by atoms with E-state index in [0.717, 1.165) is 69.4 Å². The van der Waals surface area contributed by atoms with E-state index in [4.69, 9.17) is 14.2 Å². The highest BCUT2D eigenvalue weighted by molar-refractivity contribution is 5.66. The van der Waals surface area contributed by atoms with Crippen LogP contribution in [0.1, 0.15) is 5.56 Å². The third-order valence-corrected chi connectivity index (χ3v) is 5.74. The van der Waals surface area contributed by atoms with Crippen molar-refractivity contribution in [3.8, 4) is 17.2 Å². The van der Waals surface area contributed by atoms with Crippen LogP contribution in [-0.4, -0.2) is 64.0 Å². The fourth-order valence-corrected chi connectivity index (χ4v) is 4.18. The molecule has 1 fully saturated rings. The molecule has 29 heavy (non-hydrogen) atoms. The lowest BCUT2D eigenvalue weighted by molar-refractivity contribution is 0.170. The summed E-state index contributed by atoms with van der Waals surface area (Å²) < 4.78 is 31.0. The van der Waals surface area contributed by atoms with Crippen LogP contribution in [0.3, 0.4) is 0 Å². The van der Waals surface area contributed by atoms with E-state index in [0.29, 0.717) is 24.7 Å². The van der Waals surface area contributed by atoms with Gasteiger partial charge in [-0.3, -0.25) is 4.90 Å². The minimum atomic E-state index is -0.281. The maximum absolute atomic E-state index is 14.0. The zero-order valence-electron chi connectivity index (χ0n) is 16.5. The molecule has 154 valence electrons.